The molecule has 1 aromatic carbocycles. The van der Waals surface area contributed by atoms with E-state index in [0.29, 0.717) is 6.61 Å². The maximum atomic E-state index is 12.1. The molecule has 0 spiro atoms. The number of benzene rings is 1. The summed E-state index contributed by atoms with van der Waals surface area (Å²) in [5, 5.41) is 3.05. The first kappa shape index (κ1) is 13.9. The first-order valence-corrected chi connectivity index (χ1v) is 7.81. The van der Waals surface area contributed by atoms with Gasteiger partial charge in [0.25, 0.3) is 0 Å². The van der Waals surface area contributed by atoms with Crippen molar-refractivity contribution in [2.75, 3.05) is 6.61 Å². The molecule has 1 aromatic heterocycles. The van der Waals surface area contributed by atoms with E-state index in [4.69, 9.17) is 4.74 Å². The Morgan fingerprint density at radius 3 is 3.00 bits per heavy atom. The first-order chi connectivity index (χ1) is 10.2. The zero-order valence-corrected chi connectivity index (χ0v) is 12.7. The van der Waals surface area contributed by atoms with Gasteiger partial charge in [0.05, 0.1) is 12.6 Å². The summed E-state index contributed by atoms with van der Waals surface area (Å²) in [5.74, 6) is 0.801. The quantitative estimate of drug-likeness (QED) is 0.877. The smallest absolute Gasteiger partial charge is 0.244 e. The number of hydrogen-bond donors (Lipinski definition) is 1. The third kappa shape index (κ3) is 3.34. The van der Waals surface area contributed by atoms with Crippen molar-refractivity contribution in [3.8, 4) is 5.75 Å². The van der Waals surface area contributed by atoms with Gasteiger partial charge in [0.1, 0.15) is 5.75 Å². The molecule has 1 amide bonds. The van der Waals surface area contributed by atoms with Crippen molar-refractivity contribution >= 4 is 23.3 Å². The summed E-state index contributed by atoms with van der Waals surface area (Å²) in [6.07, 6.45) is 4.26. The highest BCUT2D eigenvalue weighted by Crippen LogP contribution is 2.31. The molecule has 0 aliphatic carbocycles. The van der Waals surface area contributed by atoms with Gasteiger partial charge in [-0.1, -0.05) is 18.2 Å². The second-order valence-corrected chi connectivity index (χ2v) is 6.34. The third-order valence-electron chi connectivity index (χ3n) is 3.44. The molecule has 21 heavy (non-hydrogen) atoms. The second kappa shape index (κ2) is 6.14. The lowest BCUT2D eigenvalue weighted by molar-refractivity contribution is -0.117. The molecule has 0 saturated heterocycles. The highest BCUT2D eigenvalue weighted by Gasteiger charge is 2.21. The van der Waals surface area contributed by atoms with Crippen LogP contribution < -0.4 is 10.1 Å². The van der Waals surface area contributed by atoms with Gasteiger partial charge in [-0.15, -0.1) is 11.3 Å². The van der Waals surface area contributed by atoms with E-state index in [9.17, 15) is 4.79 Å². The summed E-state index contributed by atoms with van der Waals surface area (Å²) >= 11 is 1.68. The molecule has 0 radical (unpaired) electrons. The minimum Gasteiger partial charge on any atom is -0.493 e. The van der Waals surface area contributed by atoms with Crippen LogP contribution in [0.5, 0.6) is 5.75 Å². The van der Waals surface area contributed by atoms with E-state index in [1.807, 2.05) is 36.4 Å². The van der Waals surface area contributed by atoms with Crippen molar-refractivity contribution < 1.29 is 9.53 Å². The van der Waals surface area contributed by atoms with Crippen LogP contribution in [0.25, 0.3) is 6.08 Å². The maximum Gasteiger partial charge on any atom is 0.244 e. The SMILES string of the molecule is Cc1ccc(/C=C/C(=O)N[C@@H]2CCOc3ccccc32)s1. The molecule has 3 nitrogen and oxygen atoms in total. The fraction of sp³-hybridized carbons (Fsp3) is 0.235. The van der Waals surface area contributed by atoms with Gasteiger partial charge in [0.15, 0.2) is 0 Å². The van der Waals surface area contributed by atoms with Crippen LogP contribution in [0.1, 0.15) is 27.8 Å². The van der Waals surface area contributed by atoms with E-state index in [1.54, 1.807) is 17.4 Å². The molecule has 1 atom stereocenters. The van der Waals surface area contributed by atoms with Crippen molar-refractivity contribution in [1.82, 2.24) is 5.32 Å². The lowest BCUT2D eigenvalue weighted by atomic mass is 10.0. The number of para-hydroxylation sites is 1. The number of ether oxygens (including phenoxy) is 1. The van der Waals surface area contributed by atoms with Gasteiger partial charge in [0.2, 0.25) is 5.91 Å². The molecule has 1 N–H and O–H groups in total. The summed E-state index contributed by atoms with van der Waals surface area (Å²) in [6.45, 7) is 2.69. The molecule has 0 saturated carbocycles. The van der Waals surface area contributed by atoms with Crippen molar-refractivity contribution in [2.45, 2.75) is 19.4 Å². The number of thiophene rings is 1. The first-order valence-electron chi connectivity index (χ1n) is 6.99. The van der Waals surface area contributed by atoms with E-state index in [2.05, 4.69) is 18.3 Å². The maximum absolute atomic E-state index is 12.1. The number of nitrogens with one attached hydrogen (secondary N) is 1. The van der Waals surface area contributed by atoms with E-state index in [1.165, 1.54) is 4.88 Å². The van der Waals surface area contributed by atoms with E-state index < -0.39 is 0 Å². The largest absolute Gasteiger partial charge is 0.493 e. The molecule has 108 valence electrons. The molecule has 1 aliphatic heterocycles. The number of hydrogen-bond acceptors (Lipinski definition) is 3. The van der Waals surface area contributed by atoms with Crippen LogP contribution in [0.15, 0.2) is 42.5 Å². The van der Waals surface area contributed by atoms with Crippen molar-refractivity contribution in [1.29, 1.82) is 0 Å². The van der Waals surface area contributed by atoms with Crippen LogP contribution in [-0.4, -0.2) is 12.5 Å². The zero-order valence-electron chi connectivity index (χ0n) is 11.8. The zero-order chi connectivity index (χ0) is 14.7. The van der Waals surface area contributed by atoms with Gasteiger partial charge in [-0.05, 0) is 31.2 Å². The number of fused-ring (bicyclic) bond motifs is 1. The minimum absolute atomic E-state index is 0.0252. The Kier molecular flexibility index (Phi) is 4.06. The summed E-state index contributed by atoms with van der Waals surface area (Å²) in [4.78, 5) is 14.4. The highest BCUT2D eigenvalue weighted by atomic mass is 32.1. The summed E-state index contributed by atoms with van der Waals surface area (Å²) < 4.78 is 5.60. The molecule has 4 heteroatoms. The number of rotatable bonds is 3. The van der Waals surface area contributed by atoms with Gasteiger partial charge in [-0.3, -0.25) is 4.79 Å². The second-order valence-electron chi connectivity index (χ2n) is 5.02. The van der Waals surface area contributed by atoms with E-state index >= 15 is 0 Å². The van der Waals surface area contributed by atoms with Crippen LogP contribution >= 0.6 is 11.3 Å². The predicted molar refractivity (Wildman–Crippen MR) is 85.5 cm³/mol. The summed E-state index contributed by atoms with van der Waals surface area (Å²) in [6, 6.07) is 12.0. The molecule has 0 unspecified atom stereocenters. The van der Waals surface area contributed by atoms with E-state index in [-0.39, 0.29) is 11.9 Å². The van der Waals surface area contributed by atoms with Crippen LogP contribution in [0, 0.1) is 6.92 Å². The molecule has 0 fully saturated rings. The number of carbonyl (C=O) groups is 1. The standard InChI is InChI=1S/C17H17NO2S/c1-12-6-7-13(21-12)8-9-17(19)18-15-10-11-20-16-5-3-2-4-14(15)16/h2-9,15H,10-11H2,1H3,(H,18,19)/b9-8+/t15-/m1/s1. The van der Waals surface area contributed by atoms with Gasteiger partial charge < -0.3 is 10.1 Å². The Balaban J connectivity index is 1.67. The molecule has 0 bridgehead atoms. The highest BCUT2D eigenvalue weighted by molar-refractivity contribution is 7.12. The van der Waals surface area contributed by atoms with Crippen LogP contribution in [0.4, 0.5) is 0 Å². The molecular formula is C17H17NO2S. The van der Waals surface area contributed by atoms with Gasteiger partial charge in [-0.2, -0.15) is 0 Å². The van der Waals surface area contributed by atoms with Crippen LogP contribution in [0.3, 0.4) is 0 Å². The van der Waals surface area contributed by atoms with Crippen molar-refractivity contribution in [3.05, 3.63) is 57.8 Å². The molecular weight excluding hydrogens is 282 g/mol. The predicted octanol–water partition coefficient (Wildman–Crippen LogP) is 3.71. The summed E-state index contributed by atoms with van der Waals surface area (Å²) in [5.41, 5.74) is 1.05. The Morgan fingerprint density at radius 1 is 1.33 bits per heavy atom. The fourth-order valence-electron chi connectivity index (χ4n) is 2.41. The summed E-state index contributed by atoms with van der Waals surface area (Å²) in [7, 11) is 0. The number of amides is 1. The van der Waals surface area contributed by atoms with Gasteiger partial charge in [0, 0.05) is 27.8 Å². The van der Waals surface area contributed by atoms with Crippen molar-refractivity contribution in [2.24, 2.45) is 0 Å². The number of carbonyl (C=O) groups excluding carboxylic acids is 1. The average Bonchev–Trinajstić information content (AvgIpc) is 2.91. The molecule has 3 rings (SSSR count). The Bertz CT molecular complexity index is 675. The Hall–Kier alpha value is -2.07. The van der Waals surface area contributed by atoms with Crippen molar-refractivity contribution in [3.63, 3.8) is 0 Å². The van der Waals surface area contributed by atoms with Gasteiger partial charge >= 0.3 is 0 Å². The normalized spacial score (nSPS) is 17.3. The number of aryl methyl sites for hydroxylation is 1. The lowest BCUT2D eigenvalue weighted by Gasteiger charge is -2.26. The Labute approximate surface area is 128 Å². The topological polar surface area (TPSA) is 38.3 Å². The van der Waals surface area contributed by atoms with Crippen LogP contribution in [0.2, 0.25) is 0 Å². The molecule has 2 aromatic rings. The lowest BCUT2D eigenvalue weighted by Crippen LogP contribution is -2.30. The molecule has 1 aliphatic rings. The molecule has 2 heterocycles. The minimum atomic E-state index is -0.0669. The average molecular weight is 299 g/mol. The van der Waals surface area contributed by atoms with Crippen LogP contribution in [-0.2, 0) is 4.79 Å². The van der Waals surface area contributed by atoms with Gasteiger partial charge in [-0.25, -0.2) is 0 Å². The van der Waals surface area contributed by atoms with E-state index in [0.717, 1.165) is 22.6 Å². The Morgan fingerprint density at radius 2 is 2.19 bits per heavy atom. The third-order valence-corrected chi connectivity index (χ3v) is 4.40. The monoisotopic (exact) mass is 299 g/mol. The fourth-order valence-corrected chi connectivity index (χ4v) is 3.19.